The minimum absolute atomic E-state index is 0.0698. The normalized spacial score (nSPS) is 10.2. The molecule has 0 spiro atoms. The smallest absolute Gasteiger partial charge is 0.387 e. The van der Waals surface area contributed by atoms with Crippen molar-refractivity contribution in [1.29, 1.82) is 0 Å². The number of aldehydes is 1. The van der Waals surface area contributed by atoms with Crippen LogP contribution < -0.4 is 4.74 Å². The fraction of sp³-hybridized carbons (Fsp3) is 0.250. The Labute approximate surface area is 73.4 Å². The average Bonchev–Trinajstić information content (AvgIpc) is 2.08. The van der Waals surface area contributed by atoms with E-state index in [-0.39, 0.29) is 11.3 Å². The van der Waals surface area contributed by atoms with Crippen molar-refractivity contribution in [2.75, 3.05) is 0 Å². The molecule has 1 aromatic heterocycles. The van der Waals surface area contributed by atoms with Gasteiger partial charge in [0.1, 0.15) is 5.75 Å². The van der Waals surface area contributed by atoms with Crippen molar-refractivity contribution < 1.29 is 18.3 Å². The van der Waals surface area contributed by atoms with E-state index in [1.165, 1.54) is 19.2 Å². The number of pyridine rings is 1. The van der Waals surface area contributed by atoms with Crippen molar-refractivity contribution in [3.8, 4) is 5.75 Å². The van der Waals surface area contributed by atoms with Gasteiger partial charge in [0.15, 0.2) is 6.29 Å². The Morgan fingerprint density at radius 2 is 2.31 bits per heavy atom. The summed E-state index contributed by atoms with van der Waals surface area (Å²) in [5.74, 6) is -0.0698. The Kier molecular flexibility index (Phi) is 2.89. The number of hydrogen-bond acceptors (Lipinski definition) is 3. The van der Waals surface area contributed by atoms with Gasteiger partial charge < -0.3 is 4.74 Å². The van der Waals surface area contributed by atoms with Crippen LogP contribution in [0.25, 0.3) is 0 Å². The van der Waals surface area contributed by atoms with Crippen molar-refractivity contribution in [3.63, 3.8) is 0 Å². The number of alkyl halides is 2. The van der Waals surface area contributed by atoms with Crippen molar-refractivity contribution in [2.45, 2.75) is 13.5 Å². The molecule has 1 aromatic rings. The number of aryl methyl sites for hydroxylation is 1. The number of carbonyl (C=O) groups excluding carboxylic acids is 1. The van der Waals surface area contributed by atoms with Gasteiger partial charge in [-0.3, -0.25) is 9.78 Å². The lowest BCUT2D eigenvalue weighted by Crippen LogP contribution is -2.04. The summed E-state index contributed by atoms with van der Waals surface area (Å²) in [6, 6.07) is 1.22. The zero-order valence-corrected chi connectivity index (χ0v) is 6.83. The Bertz CT molecular complexity index is 315. The zero-order chi connectivity index (χ0) is 9.84. The van der Waals surface area contributed by atoms with Crippen LogP contribution in [0.4, 0.5) is 8.78 Å². The molecule has 1 rings (SSSR count). The molecule has 0 bridgehead atoms. The molecule has 5 heteroatoms. The highest BCUT2D eigenvalue weighted by Gasteiger charge is 2.08. The van der Waals surface area contributed by atoms with Crippen LogP contribution in [0.5, 0.6) is 5.75 Å². The Morgan fingerprint density at radius 3 is 2.85 bits per heavy atom. The first-order valence-electron chi connectivity index (χ1n) is 3.50. The van der Waals surface area contributed by atoms with E-state index < -0.39 is 6.61 Å². The molecule has 0 radical (unpaired) electrons. The Morgan fingerprint density at radius 1 is 1.62 bits per heavy atom. The predicted molar refractivity (Wildman–Crippen MR) is 41.0 cm³/mol. The van der Waals surface area contributed by atoms with E-state index >= 15 is 0 Å². The minimum atomic E-state index is -2.90. The van der Waals surface area contributed by atoms with Gasteiger partial charge in [-0.25, -0.2) is 0 Å². The molecular weight excluding hydrogens is 180 g/mol. The van der Waals surface area contributed by atoms with Gasteiger partial charge in [0, 0.05) is 11.8 Å². The summed E-state index contributed by atoms with van der Waals surface area (Å²) in [5.41, 5.74) is 0.534. The molecule has 0 aliphatic carbocycles. The van der Waals surface area contributed by atoms with Crippen LogP contribution in [-0.4, -0.2) is 17.9 Å². The highest BCUT2D eigenvalue weighted by Crippen LogP contribution is 2.18. The molecule has 70 valence electrons. The third-order valence-electron chi connectivity index (χ3n) is 1.41. The van der Waals surface area contributed by atoms with E-state index in [9.17, 15) is 13.6 Å². The molecule has 0 N–H and O–H groups in total. The summed E-state index contributed by atoms with van der Waals surface area (Å²) in [5, 5.41) is 0. The van der Waals surface area contributed by atoms with Gasteiger partial charge in [0.05, 0.1) is 5.69 Å². The van der Waals surface area contributed by atoms with Crippen LogP contribution in [0.2, 0.25) is 0 Å². The number of halogens is 2. The van der Waals surface area contributed by atoms with Gasteiger partial charge in [0.25, 0.3) is 0 Å². The Balaban J connectivity index is 2.96. The number of aromatic nitrogens is 1. The highest BCUT2D eigenvalue weighted by atomic mass is 19.3. The SMILES string of the molecule is Cc1ncc(C=O)cc1OC(F)F. The number of carbonyl (C=O) groups is 1. The maximum Gasteiger partial charge on any atom is 0.387 e. The average molecular weight is 187 g/mol. The van der Waals surface area contributed by atoms with Gasteiger partial charge in [-0.2, -0.15) is 8.78 Å². The molecule has 0 atom stereocenters. The largest absolute Gasteiger partial charge is 0.433 e. The molecule has 0 aromatic carbocycles. The molecule has 0 aliphatic rings. The van der Waals surface area contributed by atoms with Crippen LogP contribution in [0.1, 0.15) is 16.1 Å². The fourth-order valence-electron chi connectivity index (χ4n) is 0.808. The first-order valence-corrected chi connectivity index (χ1v) is 3.50. The first kappa shape index (κ1) is 9.57. The maximum absolute atomic E-state index is 11.8. The summed E-state index contributed by atoms with van der Waals surface area (Å²) in [6.45, 7) is -1.38. The number of hydrogen-bond donors (Lipinski definition) is 0. The minimum Gasteiger partial charge on any atom is -0.433 e. The number of nitrogens with zero attached hydrogens (tertiary/aromatic N) is 1. The molecule has 3 nitrogen and oxygen atoms in total. The van der Waals surface area contributed by atoms with Crippen molar-refractivity contribution in [1.82, 2.24) is 4.98 Å². The van der Waals surface area contributed by atoms with Gasteiger partial charge in [-0.15, -0.1) is 0 Å². The van der Waals surface area contributed by atoms with Crippen molar-refractivity contribution in [2.24, 2.45) is 0 Å². The van der Waals surface area contributed by atoms with Crippen LogP contribution in [0.3, 0.4) is 0 Å². The third-order valence-corrected chi connectivity index (χ3v) is 1.41. The van der Waals surface area contributed by atoms with Crippen molar-refractivity contribution >= 4 is 6.29 Å². The van der Waals surface area contributed by atoms with Gasteiger partial charge in [0.2, 0.25) is 0 Å². The maximum atomic E-state index is 11.8. The quantitative estimate of drug-likeness (QED) is 0.677. The van der Waals surface area contributed by atoms with Crippen LogP contribution in [0, 0.1) is 6.92 Å². The summed E-state index contributed by atoms with van der Waals surface area (Å²) >= 11 is 0. The predicted octanol–water partition coefficient (Wildman–Crippen LogP) is 1.80. The van der Waals surface area contributed by atoms with E-state index in [0.717, 1.165) is 0 Å². The van der Waals surface area contributed by atoms with Gasteiger partial charge in [-0.1, -0.05) is 0 Å². The second kappa shape index (κ2) is 3.93. The summed E-state index contributed by atoms with van der Waals surface area (Å²) < 4.78 is 27.7. The number of ether oxygens (including phenoxy) is 1. The molecule has 0 amide bonds. The van der Waals surface area contributed by atoms with E-state index in [1.807, 2.05) is 0 Å². The zero-order valence-electron chi connectivity index (χ0n) is 6.83. The van der Waals surface area contributed by atoms with E-state index in [0.29, 0.717) is 12.0 Å². The van der Waals surface area contributed by atoms with Crippen LogP contribution >= 0.6 is 0 Å². The summed E-state index contributed by atoms with van der Waals surface area (Å²) in [7, 11) is 0. The lowest BCUT2D eigenvalue weighted by Gasteiger charge is -2.06. The molecule has 0 saturated carbocycles. The molecule has 0 fully saturated rings. The number of rotatable bonds is 3. The Hall–Kier alpha value is -1.52. The van der Waals surface area contributed by atoms with E-state index in [1.54, 1.807) is 0 Å². The third kappa shape index (κ3) is 2.47. The van der Waals surface area contributed by atoms with Gasteiger partial charge >= 0.3 is 6.61 Å². The van der Waals surface area contributed by atoms with E-state index in [4.69, 9.17) is 0 Å². The molecule has 0 unspecified atom stereocenters. The molecule has 1 heterocycles. The first-order chi connectivity index (χ1) is 6.13. The molecule has 0 aliphatic heterocycles. The van der Waals surface area contributed by atoms with Gasteiger partial charge in [-0.05, 0) is 13.0 Å². The standard InChI is InChI=1S/C8H7F2NO2/c1-5-7(13-8(9)10)2-6(4-12)3-11-5/h2-4,8H,1H3. The second-order valence-electron chi connectivity index (χ2n) is 2.35. The fourth-order valence-corrected chi connectivity index (χ4v) is 0.808. The topological polar surface area (TPSA) is 39.2 Å². The lowest BCUT2D eigenvalue weighted by molar-refractivity contribution is -0.0505. The summed E-state index contributed by atoms with van der Waals surface area (Å²) in [6.07, 6.45) is 1.81. The molecule has 0 saturated heterocycles. The van der Waals surface area contributed by atoms with Crippen LogP contribution in [0.15, 0.2) is 12.3 Å². The summed E-state index contributed by atoms with van der Waals surface area (Å²) in [4.78, 5) is 14.0. The van der Waals surface area contributed by atoms with E-state index in [2.05, 4.69) is 9.72 Å². The highest BCUT2D eigenvalue weighted by molar-refractivity contribution is 5.74. The second-order valence-corrected chi connectivity index (χ2v) is 2.35. The monoisotopic (exact) mass is 187 g/mol. The molecular formula is C8H7F2NO2. The lowest BCUT2D eigenvalue weighted by atomic mass is 10.2. The van der Waals surface area contributed by atoms with Crippen LogP contribution in [-0.2, 0) is 0 Å². The molecule has 13 heavy (non-hydrogen) atoms. The van der Waals surface area contributed by atoms with Crippen molar-refractivity contribution in [3.05, 3.63) is 23.5 Å².